The van der Waals surface area contributed by atoms with E-state index < -0.39 is 18.0 Å². The van der Waals surface area contributed by atoms with Crippen LogP contribution < -0.4 is 0 Å². The van der Waals surface area contributed by atoms with Gasteiger partial charge in [0.2, 0.25) is 0 Å². The fourth-order valence-electron chi connectivity index (χ4n) is 0.904. The van der Waals surface area contributed by atoms with Gasteiger partial charge < -0.3 is 5.11 Å². The summed E-state index contributed by atoms with van der Waals surface area (Å²) in [6.07, 6.45) is -11.9. The van der Waals surface area contributed by atoms with Crippen LogP contribution in [-0.4, -0.2) is 23.1 Å². The summed E-state index contributed by atoms with van der Waals surface area (Å²) < 4.78 is 73.2. The molecule has 0 aliphatic rings. The summed E-state index contributed by atoms with van der Waals surface area (Å²) in [6.45, 7) is 0. The molecule has 0 spiro atoms. The van der Waals surface area contributed by atoms with E-state index in [0.717, 1.165) is 6.07 Å². The van der Waals surface area contributed by atoms with Gasteiger partial charge in [0.15, 0.2) is 0 Å². The minimum Gasteiger partial charge on any atom is -0.373 e. The zero-order chi connectivity index (χ0) is 12.6. The lowest BCUT2D eigenvalue weighted by Crippen LogP contribution is -2.57. The van der Waals surface area contributed by atoms with E-state index >= 15 is 0 Å². The van der Waals surface area contributed by atoms with Crippen LogP contribution in [0.15, 0.2) is 17.5 Å². The van der Waals surface area contributed by atoms with E-state index in [0.29, 0.717) is 11.3 Å². The molecule has 91 valence electrons. The van der Waals surface area contributed by atoms with E-state index in [2.05, 4.69) is 0 Å². The fourth-order valence-corrected chi connectivity index (χ4v) is 1.61. The third-order valence-electron chi connectivity index (χ3n) is 1.76. The van der Waals surface area contributed by atoms with Gasteiger partial charge in [0.25, 0.3) is 5.60 Å². The van der Waals surface area contributed by atoms with Crippen LogP contribution in [0.5, 0.6) is 0 Å². The lowest BCUT2D eigenvalue weighted by atomic mass is 9.97. The van der Waals surface area contributed by atoms with Crippen molar-refractivity contribution < 1.29 is 31.4 Å². The molecule has 0 bridgehead atoms. The van der Waals surface area contributed by atoms with Crippen molar-refractivity contribution in [1.82, 2.24) is 0 Å². The Hall–Kier alpha value is -0.760. The summed E-state index contributed by atoms with van der Waals surface area (Å²) in [5, 5.41) is 10.1. The number of aliphatic hydroxyl groups is 1. The van der Waals surface area contributed by atoms with Gasteiger partial charge in [0.05, 0.1) is 6.42 Å². The lowest BCUT2D eigenvalue weighted by molar-refractivity contribution is -0.352. The van der Waals surface area contributed by atoms with E-state index in [-0.39, 0.29) is 11.3 Å². The van der Waals surface area contributed by atoms with Crippen molar-refractivity contribution in [2.45, 2.75) is 18.0 Å². The number of hydrogen-bond donors (Lipinski definition) is 1. The first-order valence-corrected chi connectivity index (χ1v) is 4.71. The van der Waals surface area contributed by atoms with Gasteiger partial charge in [-0.2, -0.15) is 26.3 Å². The molecule has 0 unspecified atom stereocenters. The first kappa shape index (κ1) is 13.3. The average molecular weight is 263 g/mol. The zero-order valence-electron chi connectivity index (χ0n) is 7.43. The smallest absolute Gasteiger partial charge is 0.373 e. The molecule has 0 fully saturated rings. The molecule has 1 N–H and O–H groups in total. The Morgan fingerprint density at radius 1 is 1.06 bits per heavy atom. The molecule has 1 rings (SSSR count). The first-order valence-electron chi connectivity index (χ1n) is 3.83. The van der Waals surface area contributed by atoms with Crippen LogP contribution in [0.25, 0.3) is 0 Å². The molecule has 0 amide bonds. The minimum absolute atomic E-state index is 0.238. The lowest BCUT2D eigenvalue weighted by Gasteiger charge is -2.31. The van der Waals surface area contributed by atoms with E-state index in [1.165, 1.54) is 11.4 Å². The molecule has 0 aliphatic carbocycles. The van der Waals surface area contributed by atoms with Crippen LogP contribution in [-0.2, 0) is 0 Å². The normalized spacial score (nSPS) is 14.2. The highest BCUT2D eigenvalue weighted by Crippen LogP contribution is 2.46. The van der Waals surface area contributed by atoms with Gasteiger partial charge in [-0.1, -0.05) is 6.07 Å². The van der Waals surface area contributed by atoms with Crippen LogP contribution in [0, 0.1) is 6.42 Å². The molecule has 1 nitrogen and oxygen atoms in total. The van der Waals surface area contributed by atoms with E-state index in [9.17, 15) is 26.3 Å². The maximum atomic E-state index is 12.2. The molecular weight excluding hydrogens is 258 g/mol. The van der Waals surface area contributed by atoms with Crippen LogP contribution in [0.3, 0.4) is 0 Å². The minimum atomic E-state index is -5.81. The van der Waals surface area contributed by atoms with Crippen molar-refractivity contribution in [3.63, 3.8) is 0 Å². The Bertz CT molecular complexity index is 324. The highest BCUT2D eigenvalue weighted by atomic mass is 32.1. The van der Waals surface area contributed by atoms with Gasteiger partial charge in [0.1, 0.15) is 0 Å². The fraction of sp³-hybridized carbons (Fsp3) is 0.375. The highest BCUT2D eigenvalue weighted by molar-refractivity contribution is 7.10. The molecule has 0 saturated carbocycles. The summed E-state index contributed by atoms with van der Waals surface area (Å²) >= 11 is 0.666. The number of alkyl halides is 6. The zero-order valence-corrected chi connectivity index (χ0v) is 8.25. The van der Waals surface area contributed by atoms with Gasteiger partial charge >= 0.3 is 12.4 Å². The quantitative estimate of drug-likeness (QED) is 0.813. The molecule has 0 aromatic carbocycles. The second kappa shape index (κ2) is 3.92. The number of thiophene rings is 1. The second-order valence-electron chi connectivity index (χ2n) is 2.92. The van der Waals surface area contributed by atoms with Crippen molar-refractivity contribution in [3.05, 3.63) is 28.8 Å². The molecule has 1 aromatic rings. The van der Waals surface area contributed by atoms with Crippen molar-refractivity contribution in [2.75, 3.05) is 0 Å². The van der Waals surface area contributed by atoms with Gasteiger partial charge in [-0.05, 0) is 11.4 Å². The Morgan fingerprint density at radius 3 is 1.88 bits per heavy atom. The topological polar surface area (TPSA) is 20.2 Å². The highest BCUT2D eigenvalue weighted by Gasteiger charge is 2.70. The summed E-state index contributed by atoms with van der Waals surface area (Å²) in [4.78, 5) is -0.308. The second-order valence-corrected chi connectivity index (χ2v) is 3.90. The standard InChI is InChI=1S/C8H5F6OS/c9-7(10,11)6(15,8(12,13)14)4-5-2-1-3-16-5/h1-4,15H. The SMILES string of the molecule is OC([CH]c1cccs1)(C(F)(F)F)C(F)(F)F. The van der Waals surface area contributed by atoms with Crippen molar-refractivity contribution >= 4 is 11.3 Å². The number of halogens is 6. The molecule has 0 aliphatic heterocycles. The average Bonchev–Trinajstić information content (AvgIpc) is 2.52. The van der Waals surface area contributed by atoms with E-state index in [1.54, 1.807) is 0 Å². The first-order chi connectivity index (χ1) is 7.08. The number of hydrogen-bond acceptors (Lipinski definition) is 2. The van der Waals surface area contributed by atoms with Gasteiger partial charge in [-0.15, -0.1) is 11.3 Å². The molecule has 1 aromatic heterocycles. The van der Waals surface area contributed by atoms with Crippen LogP contribution in [0.1, 0.15) is 4.88 Å². The molecule has 8 heteroatoms. The molecule has 1 radical (unpaired) electrons. The molecule has 0 atom stereocenters. The molecular formula is C8H5F6OS. The maximum Gasteiger partial charge on any atom is 0.426 e. The molecule has 0 saturated heterocycles. The largest absolute Gasteiger partial charge is 0.426 e. The molecule has 16 heavy (non-hydrogen) atoms. The van der Waals surface area contributed by atoms with Crippen molar-refractivity contribution in [2.24, 2.45) is 0 Å². The Morgan fingerprint density at radius 2 is 1.56 bits per heavy atom. The molecule has 1 heterocycles. The van der Waals surface area contributed by atoms with Crippen molar-refractivity contribution in [3.8, 4) is 0 Å². The van der Waals surface area contributed by atoms with E-state index in [1.807, 2.05) is 0 Å². The predicted molar refractivity (Wildman–Crippen MR) is 44.8 cm³/mol. The third kappa shape index (κ3) is 2.32. The van der Waals surface area contributed by atoms with Crippen LogP contribution >= 0.6 is 11.3 Å². The summed E-state index contributed by atoms with van der Waals surface area (Å²) in [5.74, 6) is 0. The number of rotatable bonds is 2. The van der Waals surface area contributed by atoms with Gasteiger partial charge in [-0.25, -0.2) is 0 Å². The summed E-state index contributed by atoms with van der Waals surface area (Å²) in [7, 11) is 0. The third-order valence-corrected chi connectivity index (χ3v) is 2.58. The Labute approximate surface area is 90.3 Å². The van der Waals surface area contributed by atoms with Gasteiger partial charge in [0, 0.05) is 4.88 Å². The monoisotopic (exact) mass is 263 g/mol. The van der Waals surface area contributed by atoms with Crippen LogP contribution in [0.4, 0.5) is 26.3 Å². The predicted octanol–water partition coefficient (Wildman–Crippen LogP) is 3.16. The van der Waals surface area contributed by atoms with Gasteiger partial charge in [-0.3, -0.25) is 0 Å². The summed E-state index contributed by atoms with van der Waals surface area (Å²) in [5.41, 5.74) is -4.81. The Balaban J connectivity index is 3.07. The van der Waals surface area contributed by atoms with Crippen molar-refractivity contribution in [1.29, 1.82) is 0 Å². The van der Waals surface area contributed by atoms with Crippen LogP contribution in [0.2, 0.25) is 0 Å². The Kier molecular flexibility index (Phi) is 3.26. The maximum absolute atomic E-state index is 12.2. The van der Waals surface area contributed by atoms with E-state index in [4.69, 9.17) is 5.11 Å². The summed E-state index contributed by atoms with van der Waals surface area (Å²) in [6, 6.07) is 2.33.